The van der Waals surface area contributed by atoms with E-state index in [2.05, 4.69) is 65.7 Å². The molecule has 1 fully saturated rings. The van der Waals surface area contributed by atoms with Gasteiger partial charge in [-0.15, -0.1) is 24.0 Å². The molecule has 1 unspecified atom stereocenters. The Kier molecular flexibility index (Phi) is 10.4. The standard InChI is InChI=1S/C20H34N4.HI/c1-16(2)19-9-7-17(8-10-19)6-5-12-22-20(21-3)23-14-18-11-13-24(4)15-18;/h7-10,16,18H,5-6,11-15H2,1-4H3,(H2,21,22,23);1H. The molecule has 2 N–H and O–H groups in total. The molecule has 1 saturated heterocycles. The minimum Gasteiger partial charge on any atom is -0.356 e. The first-order chi connectivity index (χ1) is 11.6. The van der Waals surface area contributed by atoms with E-state index in [1.165, 1.54) is 30.6 Å². The van der Waals surface area contributed by atoms with Gasteiger partial charge in [-0.25, -0.2) is 0 Å². The number of aliphatic imine (C=N–C) groups is 1. The number of halogens is 1. The predicted molar refractivity (Wildman–Crippen MR) is 119 cm³/mol. The van der Waals surface area contributed by atoms with E-state index < -0.39 is 0 Å². The third-order valence-corrected chi connectivity index (χ3v) is 4.85. The number of likely N-dealkylation sites (tertiary alicyclic amines) is 1. The van der Waals surface area contributed by atoms with Crippen molar-refractivity contribution < 1.29 is 0 Å². The SMILES string of the molecule is CN=C(NCCCc1ccc(C(C)C)cc1)NCC1CCN(C)C1.I. The molecule has 0 aliphatic carbocycles. The van der Waals surface area contributed by atoms with Gasteiger partial charge in [-0.1, -0.05) is 38.1 Å². The number of guanidine groups is 1. The molecule has 1 aliphatic heterocycles. The van der Waals surface area contributed by atoms with E-state index in [1.54, 1.807) is 0 Å². The number of nitrogens with zero attached hydrogens (tertiary/aromatic N) is 2. The van der Waals surface area contributed by atoms with Gasteiger partial charge in [0.05, 0.1) is 0 Å². The third-order valence-electron chi connectivity index (χ3n) is 4.85. The Morgan fingerprint density at radius 3 is 2.52 bits per heavy atom. The van der Waals surface area contributed by atoms with Crippen LogP contribution in [-0.4, -0.2) is 51.1 Å². The molecule has 1 heterocycles. The Morgan fingerprint density at radius 1 is 1.24 bits per heavy atom. The zero-order chi connectivity index (χ0) is 17.4. The van der Waals surface area contributed by atoms with Crippen molar-refractivity contribution in [3.63, 3.8) is 0 Å². The molecule has 4 nitrogen and oxygen atoms in total. The van der Waals surface area contributed by atoms with Crippen LogP contribution in [0.25, 0.3) is 0 Å². The lowest BCUT2D eigenvalue weighted by molar-refractivity contribution is 0.394. The van der Waals surface area contributed by atoms with E-state index in [-0.39, 0.29) is 24.0 Å². The number of rotatable bonds is 7. The minimum atomic E-state index is 0. The molecular formula is C20H35IN4. The van der Waals surface area contributed by atoms with E-state index >= 15 is 0 Å². The third kappa shape index (κ3) is 7.94. The summed E-state index contributed by atoms with van der Waals surface area (Å²) in [5.41, 5.74) is 2.83. The highest BCUT2D eigenvalue weighted by molar-refractivity contribution is 14.0. The van der Waals surface area contributed by atoms with Crippen molar-refractivity contribution in [2.24, 2.45) is 10.9 Å². The van der Waals surface area contributed by atoms with E-state index in [4.69, 9.17) is 0 Å². The smallest absolute Gasteiger partial charge is 0.190 e. The molecule has 0 saturated carbocycles. The number of nitrogens with one attached hydrogen (secondary N) is 2. The van der Waals surface area contributed by atoms with Crippen LogP contribution in [0.4, 0.5) is 0 Å². The fourth-order valence-electron chi connectivity index (χ4n) is 3.22. The van der Waals surface area contributed by atoms with E-state index in [0.717, 1.165) is 37.8 Å². The Hall–Kier alpha value is -0.820. The maximum atomic E-state index is 4.32. The number of aryl methyl sites for hydroxylation is 1. The zero-order valence-electron chi connectivity index (χ0n) is 16.2. The van der Waals surface area contributed by atoms with Crippen molar-refractivity contribution in [2.45, 2.75) is 39.0 Å². The maximum absolute atomic E-state index is 4.32. The maximum Gasteiger partial charge on any atom is 0.190 e. The first-order valence-corrected chi connectivity index (χ1v) is 9.30. The quantitative estimate of drug-likeness (QED) is 0.285. The molecule has 142 valence electrons. The molecule has 1 aromatic rings. The topological polar surface area (TPSA) is 39.7 Å². The predicted octanol–water partition coefficient (Wildman–Crippen LogP) is 3.48. The lowest BCUT2D eigenvalue weighted by Crippen LogP contribution is -2.40. The molecule has 5 heteroatoms. The van der Waals surface area contributed by atoms with Crippen molar-refractivity contribution in [1.82, 2.24) is 15.5 Å². The van der Waals surface area contributed by atoms with Gasteiger partial charge in [0.25, 0.3) is 0 Å². The fourth-order valence-corrected chi connectivity index (χ4v) is 3.22. The van der Waals surface area contributed by atoms with Gasteiger partial charge >= 0.3 is 0 Å². The monoisotopic (exact) mass is 458 g/mol. The summed E-state index contributed by atoms with van der Waals surface area (Å²) in [6, 6.07) is 9.04. The highest BCUT2D eigenvalue weighted by Gasteiger charge is 2.19. The van der Waals surface area contributed by atoms with Gasteiger partial charge < -0.3 is 15.5 Å². The zero-order valence-corrected chi connectivity index (χ0v) is 18.5. The molecule has 0 bridgehead atoms. The molecule has 0 spiro atoms. The normalized spacial score (nSPS) is 18.3. The van der Waals surface area contributed by atoms with Crippen LogP contribution >= 0.6 is 24.0 Å². The van der Waals surface area contributed by atoms with Gasteiger partial charge in [0.1, 0.15) is 0 Å². The summed E-state index contributed by atoms with van der Waals surface area (Å²) in [4.78, 5) is 6.72. The number of hydrogen-bond acceptors (Lipinski definition) is 2. The van der Waals surface area contributed by atoms with Gasteiger partial charge in [0, 0.05) is 26.7 Å². The largest absolute Gasteiger partial charge is 0.356 e. The van der Waals surface area contributed by atoms with E-state index in [9.17, 15) is 0 Å². The molecule has 0 aromatic heterocycles. The highest BCUT2D eigenvalue weighted by atomic mass is 127. The van der Waals surface area contributed by atoms with Gasteiger partial charge in [-0.3, -0.25) is 4.99 Å². The van der Waals surface area contributed by atoms with Crippen LogP contribution in [0.3, 0.4) is 0 Å². The van der Waals surface area contributed by atoms with Crippen LogP contribution < -0.4 is 10.6 Å². The summed E-state index contributed by atoms with van der Waals surface area (Å²) in [7, 11) is 4.04. The van der Waals surface area contributed by atoms with Crippen LogP contribution in [0.1, 0.15) is 43.7 Å². The van der Waals surface area contributed by atoms with E-state index in [0.29, 0.717) is 5.92 Å². The molecule has 1 atom stereocenters. The molecule has 1 aliphatic rings. The van der Waals surface area contributed by atoms with Crippen molar-refractivity contribution in [3.05, 3.63) is 35.4 Å². The first-order valence-electron chi connectivity index (χ1n) is 9.30. The molecule has 0 amide bonds. The second-order valence-electron chi connectivity index (χ2n) is 7.30. The van der Waals surface area contributed by atoms with Gasteiger partial charge in [0.15, 0.2) is 5.96 Å². The highest BCUT2D eigenvalue weighted by Crippen LogP contribution is 2.15. The number of hydrogen-bond donors (Lipinski definition) is 2. The summed E-state index contributed by atoms with van der Waals surface area (Å²) in [6.07, 6.45) is 3.51. The van der Waals surface area contributed by atoms with Crippen LogP contribution in [0, 0.1) is 5.92 Å². The van der Waals surface area contributed by atoms with Gasteiger partial charge in [0.2, 0.25) is 0 Å². The fraction of sp³-hybridized carbons (Fsp3) is 0.650. The van der Waals surface area contributed by atoms with Gasteiger partial charge in [-0.05, 0) is 55.8 Å². The van der Waals surface area contributed by atoms with Crippen LogP contribution in [0.5, 0.6) is 0 Å². The minimum absolute atomic E-state index is 0. The molecule has 1 aromatic carbocycles. The average molecular weight is 458 g/mol. The van der Waals surface area contributed by atoms with Crippen molar-refractivity contribution in [1.29, 1.82) is 0 Å². The Labute approximate surface area is 170 Å². The molecule has 2 rings (SSSR count). The molecule has 25 heavy (non-hydrogen) atoms. The summed E-state index contributed by atoms with van der Waals surface area (Å²) >= 11 is 0. The Bertz CT molecular complexity index is 513. The first kappa shape index (κ1) is 22.2. The summed E-state index contributed by atoms with van der Waals surface area (Å²) < 4.78 is 0. The summed E-state index contributed by atoms with van der Waals surface area (Å²) in [5.74, 6) is 2.28. The van der Waals surface area contributed by atoms with Crippen LogP contribution in [0.15, 0.2) is 29.3 Å². The van der Waals surface area contributed by atoms with Crippen molar-refractivity contribution in [2.75, 3.05) is 40.3 Å². The lowest BCUT2D eigenvalue weighted by atomic mass is 10.0. The molecule has 0 radical (unpaired) electrons. The Morgan fingerprint density at radius 2 is 1.96 bits per heavy atom. The number of benzene rings is 1. The average Bonchev–Trinajstić information content (AvgIpc) is 3.00. The lowest BCUT2D eigenvalue weighted by Gasteiger charge is -2.15. The second kappa shape index (κ2) is 11.7. The van der Waals surface area contributed by atoms with E-state index in [1.807, 2.05) is 7.05 Å². The van der Waals surface area contributed by atoms with Crippen LogP contribution in [-0.2, 0) is 6.42 Å². The summed E-state index contributed by atoms with van der Waals surface area (Å²) in [6.45, 7) is 8.85. The summed E-state index contributed by atoms with van der Waals surface area (Å²) in [5, 5.41) is 6.89. The van der Waals surface area contributed by atoms with Gasteiger partial charge in [-0.2, -0.15) is 0 Å². The second-order valence-corrected chi connectivity index (χ2v) is 7.30. The Balaban J connectivity index is 0.00000312. The molecular weight excluding hydrogens is 423 g/mol. The van der Waals surface area contributed by atoms with Crippen molar-refractivity contribution >= 4 is 29.9 Å². The van der Waals surface area contributed by atoms with Crippen molar-refractivity contribution in [3.8, 4) is 0 Å². The van der Waals surface area contributed by atoms with Crippen LogP contribution in [0.2, 0.25) is 0 Å².